The van der Waals surface area contributed by atoms with Gasteiger partial charge in [-0.05, 0) is 0 Å². The van der Waals surface area contributed by atoms with E-state index in [4.69, 9.17) is 5.11 Å². The van der Waals surface area contributed by atoms with Gasteiger partial charge in [-0.15, -0.1) is 0 Å². The maximum absolute atomic E-state index is 12.0. The van der Waals surface area contributed by atoms with Crippen LogP contribution < -0.4 is 0 Å². The molecule has 16 heavy (non-hydrogen) atoms. The van der Waals surface area contributed by atoms with Crippen molar-refractivity contribution in [1.82, 2.24) is 0 Å². The standard InChI is InChI=1S/C8H7F3O5/c1-7(2)15-5(13)3(6(14)16-7)4(12)8(9,10)11/h12H,1-2H3. The van der Waals surface area contributed by atoms with E-state index in [2.05, 4.69) is 9.47 Å². The molecule has 5 nitrogen and oxygen atoms in total. The number of hydrogen-bond acceptors (Lipinski definition) is 5. The van der Waals surface area contributed by atoms with Crippen molar-refractivity contribution in [3.05, 3.63) is 11.3 Å². The largest absolute Gasteiger partial charge is 0.503 e. The highest BCUT2D eigenvalue weighted by Crippen LogP contribution is 2.31. The first-order valence-corrected chi connectivity index (χ1v) is 4.02. The average molecular weight is 240 g/mol. The van der Waals surface area contributed by atoms with Crippen LogP contribution >= 0.6 is 0 Å². The number of carbonyl (C=O) groups is 2. The number of carbonyl (C=O) groups excluding carboxylic acids is 2. The fourth-order valence-corrected chi connectivity index (χ4v) is 0.988. The molecule has 0 aromatic heterocycles. The molecule has 0 bridgehead atoms. The molecule has 0 atom stereocenters. The second kappa shape index (κ2) is 3.39. The van der Waals surface area contributed by atoms with Crippen LogP contribution in [0.5, 0.6) is 0 Å². The Hall–Kier alpha value is -1.73. The number of hydrogen-bond donors (Lipinski definition) is 1. The van der Waals surface area contributed by atoms with E-state index >= 15 is 0 Å². The van der Waals surface area contributed by atoms with Crippen LogP contribution in [0.4, 0.5) is 13.2 Å². The molecule has 0 aromatic rings. The number of esters is 2. The minimum absolute atomic E-state index is 1.17. The third-order valence-corrected chi connectivity index (χ3v) is 1.59. The average Bonchev–Trinajstić information content (AvgIpc) is 1.97. The predicted octanol–water partition coefficient (Wildman–Crippen LogP) is 1.20. The molecule has 8 heteroatoms. The van der Waals surface area contributed by atoms with E-state index in [1.54, 1.807) is 0 Å². The van der Waals surface area contributed by atoms with Gasteiger partial charge < -0.3 is 14.6 Å². The van der Waals surface area contributed by atoms with Gasteiger partial charge in [0, 0.05) is 13.8 Å². The summed E-state index contributed by atoms with van der Waals surface area (Å²) in [4.78, 5) is 22.1. The van der Waals surface area contributed by atoms with Crippen molar-refractivity contribution in [2.45, 2.75) is 25.8 Å². The summed E-state index contributed by atoms with van der Waals surface area (Å²) in [6.45, 7) is 2.34. The maximum atomic E-state index is 12.0. The van der Waals surface area contributed by atoms with E-state index in [1.807, 2.05) is 0 Å². The first-order valence-electron chi connectivity index (χ1n) is 4.02. The zero-order valence-electron chi connectivity index (χ0n) is 8.21. The quantitative estimate of drug-likeness (QED) is 0.298. The Morgan fingerprint density at radius 1 is 1.19 bits per heavy atom. The minimum Gasteiger partial charge on any atom is -0.503 e. The van der Waals surface area contributed by atoms with Crippen LogP contribution in [-0.2, 0) is 19.1 Å². The number of rotatable bonds is 0. The molecule has 1 heterocycles. The topological polar surface area (TPSA) is 72.8 Å². The van der Waals surface area contributed by atoms with Crippen LogP contribution in [0.1, 0.15) is 13.8 Å². The molecule has 1 saturated heterocycles. The molecule has 0 spiro atoms. The summed E-state index contributed by atoms with van der Waals surface area (Å²) in [7, 11) is 0. The van der Waals surface area contributed by atoms with Gasteiger partial charge in [0.15, 0.2) is 5.57 Å². The van der Waals surface area contributed by atoms with Gasteiger partial charge >= 0.3 is 18.1 Å². The van der Waals surface area contributed by atoms with Crippen molar-refractivity contribution in [2.75, 3.05) is 0 Å². The molecule has 1 rings (SSSR count). The highest BCUT2D eigenvalue weighted by molar-refractivity contribution is 6.15. The van der Waals surface area contributed by atoms with Gasteiger partial charge in [0.05, 0.1) is 0 Å². The third-order valence-electron chi connectivity index (χ3n) is 1.59. The molecule has 0 aromatic carbocycles. The lowest BCUT2D eigenvalue weighted by Crippen LogP contribution is -2.43. The van der Waals surface area contributed by atoms with Crippen LogP contribution in [0.3, 0.4) is 0 Å². The smallest absolute Gasteiger partial charge is 0.449 e. The molecule has 0 saturated carbocycles. The Kier molecular flexibility index (Phi) is 2.62. The number of allylic oxidation sites excluding steroid dienone is 1. The van der Waals surface area contributed by atoms with E-state index < -0.39 is 35.2 Å². The van der Waals surface area contributed by atoms with Crippen LogP contribution in [0, 0.1) is 0 Å². The first-order chi connectivity index (χ1) is 7.04. The Morgan fingerprint density at radius 2 is 1.56 bits per heavy atom. The predicted molar refractivity (Wildman–Crippen MR) is 42.0 cm³/mol. The Bertz CT molecular complexity index is 358. The molecule has 0 radical (unpaired) electrons. The molecular weight excluding hydrogens is 233 g/mol. The molecule has 1 aliphatic rings. The molecule has 1 fully saturated rings. The zero-order chi connectivity index (χ0) is 12.7. The summed E-state index contributed by atoms with van der Waals surface area (Å²) >= 11 is 0. The Balaban J connectivity index is 3.18. The minimum atomic E-state index is -5.21. The van der Waals surface area contributed by atoms with Crippen molar-refractivity contribution in [3.8, 4) is 0 Å². The van der Waals surface area contributed by atoms with E-state index in [9.17, 15) is 22.8 Å². The molecule has 90 valence electrons. The van der Waals surface area contributed by atoms with E-state index in [0.717, 1.165) is 0 Å². The molecule has 0 amide bonds. The van der Waals surface area contributed by atoms with Gasteiger partial charge in [-0.2, -0.15) is 13.2 Å². The van der Waals surface area contributed by atoms with Crippen molar-refractivity contribution >= 4 is 11.9 Å². The van der Waals surface area contributed by atoms with Gasteiger partial charge in [-0.3, -0.25) is 0 Å². The van der Waals surface area contributed by atoms with Crippen molar-refractivity contribution in [1.29, 1.82) is 0 Å². The number of halogens is 3. The van der Waals surface area contributed by atoms with Crippen molar-refractivity contribution in [2.24, 2.45) is 0 Å². The highest BCUT2D eigenvalue weighted by atomic mass is 19.4. The van der Waals surface area contributed by atoms with Gasteiger partial charge in [0.25, 0.3) is 5.79 Å². The number of aliphatic hydroxyl groups is 1. The summed E-state index contributed by atoms with van der Waals surface area (Å²) in [6.07, 6.45) is -5.21. The monoisotopic (exact) mass is 240 g/mol. The lowest BCUT2D eigenvalue weighted by Gasteiger charge is -2.30. The van der Waals surface area contributed by atoms with Gasteiger partial charge in [0.1, 0.15) is 0 Å². The lowest BCUT2D eigenvalue weighted by molar-refractivity contribution is -0.224. The first kappa shape index (κ1) is 12.3. The van der Waals surface area contributed by atoms with Crippen molar-refractivity contribution in [3.63, 3.8) is 0 Å². The van der Waals surface area contributed by atoms with E-state index in [1.165, 1.54) is 13.8 Å². The van der Waals surface area contributed by atoms with E-state index in [-0.39, 0.29) is 0 Å². The second-order valence-corrected chi connectivity index (χ2v) is 3.40. The number of cyclic esters (lactones) is 2. The number of ether oxygens (including phenoxy) is 2. The zero-order valence-corrected chi connectivity index (χ0v) is 8.21. The Morgan fingerprint density at radius 3 is 1.88 bits per heavy atom. The summed E-state index contributed by atoms with van der Waals surface area (Å²) in [5.41, 5.74) is -1.55. The van der Waals surface area contributed by atoms with Crippen LogP contribution in [0.15, 0.2) is 11.3 Å². The van der Waals surface area contributed by atoms with Crippen molar-refractivity contribution < 1.29 is 37.3 Å². The summed E-state index contributed by atoms with van der Waals surface area (Å²) < 4.78 is 44.9. The summed E-state index contributed by atoms with van der Waals surface area (Å²) in [6, 6.07) is 0. The number of aliphatic hydroxyl groups excluding tert-OH is 1. The Labute approximate surface area is 87.4 Å². The lowest BCUT2D eigenvalue weighted by atomic mass is 10.2. The highest BCUT2D eigenvalue weighted by Gasteiger charge is 2.47. The SMILES string of the molecule is CC1(C)OC(=O)C(=C(O)C(F)(F)F)C(=O)O1. The van der Waals surface area contributed by atoms with Gasteiger partial charge in [0.2, 0.25) is 5.76 Å². The fraction of sp³-hybridized carbons (Fsp3) is 0.500. The maximum Gasteiger partial charge on any atom is 0.449 e. The number of alkyl halides is 3. The van der Waals surface area contributed by atoms with Crippen LogP contribution in [0.25, 0.3) is 0 Å². The van der Waals surface area contributed by atoms with Crippen LogP contribution in [0.2, 0.25) is 0 Å². The molecular formula is C8H7F3O5. The fourth-order valence-electron chi connectivity index (χ4n) is 0.988. The molecule has 0 unspecified atom stereocenters. The normalized spacial score (nSPS) is 20.2. The summed E-state index contributed by atoms with van der Waals surface area (Å²) in [5, 5.41) is 8.67. The van der Waals surface area contributed by atoms with Crippen LogP contribution in [-0.4, -0.2) is 29.0 Å². The summed E-state index contributed by atoms with van der Waals surface area (Å²) in [5.74, 6) is -7.12. The van der Waals surface area contributed by atoms with E-state index in [0.29, 0.717) is 0 Å². The van der Waals surface area contributed by atoms with Gasteiger partial charge in [-0.25, -0.2) is 9.59 Å². The molecule has 0 aliphatic carbocycles. The third kappa shape index (κ3) is 2.26. The second-order valence-electron chi connectivity index (χ2n) is 3.40. The van der Waals surface area contributed by atoms with Gasteiger partial charge in [-0.1, -0.05) is 0 Å². The molecule has 1 N–H and O–H groups in total. The molecule has 1 aliphatic heterocycles.